The minimum absolute atomic E-state index is 0.0519. The quantitative estimate of drug-likeness (QED) is 0.0236. The summed E-state index contributed by atoms with van der Waals surface area (Å²) in [6, 6.07) is 0. The number of rotatable bonds is 51. The highest BCUT2D eigenvalue weighted by atomic mass is 31.2. The van der Waals surface area contributed by atoms with Crippen molar-refractivity contribution >= 4 is 13.8 Å². The standard InChI is InChI=1S/C52H101O9P/c1-3-5-7-9-11-13-15-17-19-21-23-24-25-27-29-31-33-35-37-39-41-43-45-58-48-51(49-60-62(56,57)59-47-50(54)46-53)61-52(55)44-42-40-38-36-34-32-30-28-26-22-20-18-16-14-12-10-8-6-4-2/h15,17,21,23,50-51,53-54H,3-14,16,18-20,22,24-49H2,1-2H3,(H,56,57)/b17-15-,23-21-. The number of phosphoric ester groups is 1. The maximum atomic E-state index is 12.7. The minimum atomic E-state index is -4.52. The fraction of sp³-hybridized carbons (Fsp3) is 0.904. The number of aliphatic hydroxyl groups excluding tert-OH is 2. The Morgan fingerprint density at radius 3 is 1.29 bits per heavy atom. The Balaban J connectivity index is 4.03. The highest BCUT2D eigenvalue weighted by Gasteiger charge is 2.26. The third kappa shape index (κ3) is 48.4. The summed E-state index contributed by atoms with van der Waals surface area (Å²) in [5, 5.41) is 18.4. The van der Waals surface area contributed by atoms with E-state index in [0.29, 0.717) is 6.61 Å². The van der Waals surface area contributed by atoms with E-state index in [0.717, 1.165) is 44.9 Å². The molecule has 3 N–H and O–H groups in total. The zero-order valence-electron chi connectivity index (χ0n) is 40.6. The summed E-state index contributed by atoms with van der Waals surface area (Å²) in [4.78, 5) is 22.7. The summed E-state index contributed by atoms with van der Waals surface area (Å²) in [5.41, 5.74) is 0. The van der Waals surface area contributed by atoms with E-state index in [9.17, 15) is 19.4 Å². The number of unbranched alkanes of at least 4 members (excludes halogenated alkanes) is 33. The van der Waals surface area contributed by atoms with Gasteiger partial charge in [-0.25, -0.2) is 4.57 Å². The van der Waals surface area contributed by atoms with Gasteiger partial charge in [-0.05, 0) is 44.9 Å². The number of carbonyl (C=O) groups is 1. The van der Waals surface area contributed by atoms with Gasteiger partial charge in [-0.2, -0.15) is 0 Å². The first kappa shape index (κ1) is 60.9. The first-order valence-corrected chi connectivity index (χ1v) is 27.8. The van der Waals surface area contributed by atoms with E-state index in [2.05, 4.69) is 38.2 Å². The summed E-state index contributed by atoms with van der Waals surface area (Å²) >= 11 is 0. The second-order valence-corrected chi connectivity index (χ2v) is 19.4. The molecule has 0 fully saturated rings. The normalized spacial score (nSPS) is 14.0. The first-order chi connectivity index (χ1) is 30.3. The summed E-state index contributed by atoms with van der Waals surface area (Å²) in [5.74, 6) is -0.377. The lowest BCUT2D eigenvalue weighted by atomic mass is 10.0. The first-order valence-electron chi connectivity index (χ1n) is 26.3. The van der Waals surface area contributed by atoms with Crippen molar-refractivity contribution in [2.45, 2.75) is 270 Å². The Bertz CT molecular complexity index is 1020. The molecule has 0 bridgehead atoms. The third-order valence-electron chi connectivity index (χ3n) is 11.6. The van der Waals surface area contributed by atoms with Gasteiger partial charge in [0.2, 0.25) is 0 Å². The number of ether oxygens (including phenoxy) is 2. The third-order valence-corrected chi connectivity index (χ3v) is 12.6. The van der Waals surface area contributed by atoms with Gasteiger partial charge in [0.1, 0.15) is 12.2 Å². The van der Waals surface area contributed by atoms with E-state index in [-0.39, 0.29) is 25.6 Å². The molecule has 0 heterocycles. The van der Waals surface area contributed by atoms with Crippen LogP contribution in [0.2, 0.25) is 0 Å². The largest absolute Gasteiger partial charge is 0.472 e. The van der Waals surface area contributed by atoms with Crippen LogP contribution in [0.5, 0.6) is 0 Å². The number of allylic oxidation sites excluding steroid dienone is 4. The molecule has 3 unspecified atom stereocenters. The van der Waals surface area contributed by atoms with Gasteiger partial charge in [0.15, 0.2) is 0 Å². The Labute approximate surface area is 383 Å². The van der Waals surface area contributed by atoms with Gasteiger partial charge >= 0.3 is 13.8 Å². The molecule has 0 spiro atoms. The molecule has 0 saturated heterocycles. The molecular weight excluding hydrogens is 800 g/mol. The molecule has 0 aromatic carbocycles. The summed E-state index contributed by atoms with van der Waals surface area (Å²) < 4.78 is 33.6. The van der Waals surface area contributed by atoms with Crippen molar-refractivity contribution in [3.8, 4) is 0 Å². The molecule has 368 valence electrons. The predicted molar refractivity (Wildman–Crippen MR) is 261 cm³/mol. The van der Waals surface area contributed by atoms with E-state index < -0.39 is 33.2 Å². The Hall–Kier alpha value is -1.06. The van der Waals surface area contributed by atoms with Crippen LogP contribution < -0.4 is 0 Å². The highest BCUT2D eigenvalue weighted by Crippen LogP contribution is 2.43. The number of esters is 1. The van der Waals surface area contributed by atoms with Crippen molar-refractivity contribution in [1.82, 2.24) is 0 Å². The van der Waals surface area contributed by atoms with Crippen molar-refractivity contribution in [1.29, 1.82) is 0 Å². The molecule has 3 atom stereocenters. The van der Waals surface area contributed by atoms with Gasteiger partial charge in [-0.1, -0.05) is 231 Å². The molecule has 0 amide bonds. The van der Waals surface area contributed by atoms with Crippen molar-refractivity contribution in [2.75, 3.05) is 33.0 Å². The molecule has 0 aliphatic carbocycles. The number of hydrogen-bond acceptors (Lipinski definition) is 8. The number of hydrogen-bond donors (Lipinski definition) is 3. The summed E-state index contributed by atoms with van der Waals surface area (Å²) in [6.45, 7) is 3.56. The smallest absolute Gasteiger partial charge is 0.457 e. The molecule has 0 saturated carbocycles. The number of aliphatic hydroxyl groups is 2. The molecule has 10 heteroatoms. The van der Waals surface area contributed by atoms with Crippen LogP contribution in [-0.4, -0.2) is 66.3 Å². The second-order valence-electron chi connectivity index (χ2n) is 17.9. The van der Waals surface area contributed by atoms with E-state index in [1.807, 2.05) is 0 Å². The molecule has 0 aromatic rings. The number of carbonyl (C=O) groups excluding carboxylic acids is 1. The van der Waals surface area contributed by atoms with Crippen molar-refractivity contribution in [2.24, 2.45) is 0 Å². The second kappa shape index (κ2) is 49.4. The van der Waals surface area contributed by atoms with E-state index in [4.69, 9.17) is 23.6 Å². The molecule has 62 heavy (non-hydrogen) atoms. The summed E-state index contributed by atoms with van der Waals surface area (Å²) in [6.07, 6.45) is 54.3. The van der Waals surface area contributed by atoms with Gasteiger partial charge in [0.05, 0.1) is 26.4 Å². The molecule has 0 radical (unpaired) electrons. The van der Waals surface area contributed by atoms with Crippen LogP contribution >= 0.6 is 7.82 Å². The molecule has 0 aliphatic rings. The molecular formula is C52H101O9P. The Morgan fingerprint density at radius 2 is 0.871 bits per heavy atom. The van der Waals surface area contributed by atoms with Crippen LogP contribution in [0.3, 0.4) is 0 Å². The zero-order chi connectivity index (χ0) is 45.3. The van der Waals surface area contributed by atoms with Gasteiger partial charge < -0.3 is 24.6 Å². The van der Waals surface area contributed by atoms with E-state index >= 15 is 0 Å². The van der Waals surface area contributed by atoms with Crippen LogP contribution in [0.25, 0.3) is 0 Å². The lowest BCUT2D eigenvalue weighted by molar-refractivity contribution is -0.154. The maximum absolute atomic E-state index is 12.7. The topological polar surface area (TPSA) is 132 Å². The average Bonchev–Trinajstić information content (AvgIpc) is 3.26. The van der Waals surface area contributed by atoms with Crippen LogP contribution in [0.15, 0.2) is 24.3 Å². The van der Waals surface area contributed by atoms with Crippen molar-refractivity contribution in [3.05, 3.63) is 24.3 Å². The van der Waals surface area contributed by atoms with Gasteiger partial charge in [-0.15, -0.1) is 0 Å². The Morgan fingerprint density at radius 1 is 0.500 bits per heavy atom. The Kier molecular flexibility index (Phi) is 48.5. The van der Waals surface area contributed by atoms with Gasteiger partial charge in [0, 0.05) is 13.0 Å². The van der Waals surface area contributed by atoms with E-state index in [1.54, 1.807) is 0 Å². The number of phosphoric acid groups is 1. The molecule has 0 aliphatic heterocycles. The monoisotopic (exact) mass is 901 g/mol. The molecule has 0 aromatic heterocycles. The predicted octanol–water partition coefficient (Wildman–Crippen LogP) is 15.4. The molecule has 0 rings (SSSR count). The van der Waals surface area contributed by atoms with E-state index in [1.165, 1.54) is 193 Å². The summed E-state index contributed by atoms with van der Waals surface area (Å²) in [7, 11) is -4.52. The average molecular weight is 901 g/mol. The zero-order valence-corrected chi connectivity index (χ0v) is 41.5. The van der Waals surface area contributed by atoms with Crippen LogP contribution in [-0.2, 0) is 27.9 Å². The fourth-order valence-corrected chi connectivity index (χ4v) is 8.41. The van der Waals surface area contributed by atoms with Crippen molar-refractivity contribution in [3.63, 3.8) is 0 Å². The maximum Gasteiger partial charge on any atom is 0.472 e. The highest BCUT2D eigenvalue weighted by molar-refractivity contribution is 7.47. The minimum Gasteiger partial charge on any atom is -0.457 e. The van der Waals surface area contributed by atoms with Gasteiger partial charge in [0.25, 0.3) is 0 Å². The van der Waals surface area contributed by atoms with Crippen LogP contribution in [0.4, 0.5) is 0 Å². The fourth-order valence-electron chi connectivity index (χ4n) is 7.62. The van der Waals surface area contributed by atoms with Gasteiger partial charge in [-0.3, -0.25) is 13.8 Å². The SMILES string of the molecule is CCCCCCC/C=C\C/C=C\CCCCCCCCCCCCOCC(COP(=O)(O)OCC(O)CO)OC(=O)CCCCCCCCCCCCCCCCCCCCC. The van der Waals surface area contributed by atoms with Crippen LogP contribution in [0.1, 0.15) is 258 Å². The van der Waals surface area contributed by atoms with Crippen LogP contribution in [0, 0.1) is 0 Å². The lowest BCUT2D eigenvalue weighted by Crippen LogP contribution is -2.29. The van der Waals surface area contributed by atoms with Crippen molar-refractivity contribution < 1.29 is 43.0 Å². The lowest BCUT2D eigenvalue weighted by Gasteiger charge is -2.20. The molecule has 9 nitrogen and oxygen atoms in total.